The van der Waals surface area contributed by atoms with Gasteiger partial charge in [0.2, 0.25) is 11.8 Å². The molecule has 6 nitrogen and oxygen atoms in total. The Morgan fingerprint density at radius 3 is 2.61 bits per heavy atom. The van der Waals surface area contributed by atoms with E-state index in [1.807, 2.05) is 0 Å². The van der Waals surface area contributed by atoms with Gasteiger partial charge >= 0.3 is 0 Å². The van der Waals surface area contributed by atoms with Crippen molar-refractivity contribution in [2.75, 3.05) is 26.3 Å². The second-order valence-corrected chi connectivity index (χ2v) is 4.53. The maximum absolute atomic E-state index is 12.0. The lowest BCUT2D eigenvalue weighted by molar-refractivity contribution is -0.147. The minimum atomic E-state index is -0.602. The quantitative estimate of drug-likeness (QED) is 0.607. The molecule has 0 aromatic rings. The van der Waals surface area contributed by atoms with Crippen molar-refractivity contribution < 1.29 is 14.3 Å². The number of ether oxygens (including phenoxy) is 1. The molecular formula is C12H23N3O3. The molecule has 0 aliphatic carbocycles. The maximum atomic E-state index is 12.0. The largest absolute Gasteiger partial charge is 0.377 e. The third kappa shape index (κ3) is 4.62. The van der Waals surface area contributed by atoms with E-state index in [1.54, 1.807) is 4.90 Å². The summed E-state index contributed by atoms with van der Waals surface area (Å²) in [5.41, 5.74) is 10.7. The molecule has 0 saturated carbocycles. The number of carbonyl (C=O) groups is 2. The Balaban J connectivity index is 2.32. The molecule has 1 unspecified atom stereocenters. The summed E-state index contributed by atoms with van der Waals surface area (Å²) in [4.78, 5) is 24.8. The molecule has 1 atom stereocenters. The molecule has 18 heavy (non-hydrogen) atoms. The summed E-state index contributed by atoms with van der Waals surface area (Å²) in [7, 11) is 0. The van der Waals surface area contributed by atoms with Crippen LogP contribution in [0.15, 0.2) is 0 Å². The molecule has 104 valence electrons. The van der Waals surface area contributed by atoms with Gasteiger partial charge in [0.1, 0.15) is 6.04 Å². The number of nitrogens with zero attached hydrogens (tertiary/aromatic N) is 1. The fraction of sp³-hybridized carbons (Fsp3) is 0.833. The lowest BCUT2D eigenvalue weighted by Gasteiger charge is -2.33. The van der Waals surface area contributed by atoms with Crippen molar-refractivity contribution in [2.24, 2.45) is 11.5 Å². The van der Waals surface area contributed by atoms with Crippen LogP contribution in [-0.4, -0.2) is 49.1 Å². The highest BCUT2D eigenvalue weighted by molar-refractivity contribution is 5.86. The van der Waals surface area contributed by atoms with Gasteiger partial charge in [-0.25, -0.2) is 0 Å². The number of morpholine rings is 1. The number of hydrogen-bond acceptors (Lipinski definition) is 4. The van der Waals surface area contributed by atoms with Gasteiger partial charge in [-0.2, -0.15) is 0 Å². The Labute approximate surface area is 108 Å². The fourth-order valence-corrected chi connectivity index (χ4v) is 2.06. The molecule has 0 bridgehead atoms. The third-order valence-corrected chi connectivity index (χ3v) is 3.12. The lowest BCUT2D eigenvalue weighted by atomic mass is 10.1. The summed E-state index contributed by atoms with van der Waals surface area (Å²) in [6.45, 7) is 1.84. The van der Waals surface area contributed by atoms with Gasteiger partial charge in [-0.1, -0.05) is 12.8 Å². The Morgan fingerprint density at radius 1 is 1.22 bits per heavy atom. The summed E-state index contributed by atoms with van der Waals surface area (Å²) >= 11 is 0. The third-order valence-electron chi connectivity index (χ3n) is 3.12. The molecule has 0 aromatic carbocycles. The number of nitrogens with two attached hydrogens (primary N) is 2. The molecule has 2 amide bonds. The topological polar surface area (TPSA) is 98.7 Å². The number of amides is 2. The van der Waals surface area contributed by atoms with Gasteiger partial charge in [0, 0.05) is 13.0 Å². The Hall–Kier alpha value is -1.14. The molecule has 1 saturated heterocycles. The Morgan fingerprint density at radius 2 is 1.94 bits per heavy atom. The number of carbonyl (C=O) groups excluding carboxylic acids is 2. The van der Waals surface area contributed by atoms with E-state index in [1.165, 1.54) is 0 Å². The van der Waals surface area contributed by atoms with Crippen LogP contribution in [-0.2, 0) is 14.3 Å². The van der Waals surface area contributed by atoms with Crippen molar-refractivity contribution in [1.82, 2.24) is 4.90 Å². The van der Waals surface area contributed by atoms with Crippen LogP contribution in [0.2, 0.25) is 0 Å². The first-order chi connectivity index (χ1) is 8.66. The fourth-order valence-electron chi connectivity index (χ4n) is 2.06. The van der Waals surface area contributed by atoms with Crippen molar-refractivity contribution in [3.63, 3.8) is 0 Å². The molecule has 1 fully saturated rings. The molecule has 0 aromatic heterocycles. The summed E-state index contributed by atoms with van der Waals surface area (Å²) < 4.78 is 5.17. The van der Waals surface area contributed by atoms with E-state index >= 15 is 0 Å². The van der Waals surface area contributed by atoms with Gasteiger partial charge < -0.3 is 21.1 Å². The van der Waals surface area contributed by atoms with Gasteiger partial charge in [0.05, 0.1) is 13.2 Å². The first kappa shape index (κ1) is 14.9. The average Bonchev–Trinajstić information content (AvgIpc) is 2.38. The lowest BCUT2D eigenvalue weighted by Crippen LogP contribution is -2.54. The van der Waals surface area contributed by atoms with E-state index < -0.39 is 11.9 Å². The number of primary amides is 1. The first-order valence-electron chi connectivity index (χ1n) is 6.53. The van der Waals surface area contributed by atoms with Gasteiger partial charge in [-0.15, -0.1) is 0 Å². The van der Waals surface area contributed by atoms with Crippen molar-refractivity contribution in [3.8, 4) is 0 Å². The monoisotopic (exact) mass is 257 g/mol. The number of unbranched alkanes of at least 4 members (excludes halogenated alkanes) is 3. The van der Waals surface area contributed by atoms with E-state index in [4.69, 9.17) is 16.2 Å². The number of hydrogen-bond donors (Lipinski definition) is 2. The van der Waals surface area contributed by atoms with Gasteiger partial charge in [0.25, 0.3) is 0 Å². The highest BCUT2D eigenvalue weighted by atomic mass is 16.5. The average molecular weight is 257 g/mol. The second-order valence-electron chi connectivity index (χ2n) is 4.53. The summed E-state index contributed by atoms with van der Waals surface area (Å²) in [5, 5.41) is 0. The standard InChI is InChI=1S/C12H23N3O3/c13-6-4-2-1-3-5-11(16)15-7-8-18-9-10(15)12(14)17/h10H,1-9,13H2,(H2,14,17). The van der Waals surface area contributed by atoms with Crippen molar-refractivity contribution >= 4 is 11.8 Å². The van der Waals surface area contributed by atoms with E-state index in [9.17, 15) is 9.59 Å². The molecule has 1 heterocycles. The molecule has 6 heteroatoms. The molecule has 0 radical (unpaired) electrons. The molecular weight excluding hydrogens is 234 g/mol. The minimum Gasteiger partial charge on any atom is -0.377 e. The van der Waals surface area contributed by atoms with Crippen LogP contribution < -0.4 is 11.5 Å². The van der Waals surface area contributed by atoms with Crippen LogP contribution >= 0.6 is 0 Å². The van der Waals surface area contributed by atoms with Gasteiger partial charge in [0.15, 0.2) is 0 Å². The highest BCUT2D eigenvalue weighted by Crippen LogP contribution is 2.11. The predicted molar refractivity (Wildman–Crippen MR) is 67.7 cm³/mol. The zero-order chi connectivity index (χ0) is 13.4. The van der Waals surface area contributed by atoms with Crippen LogP contribution in [0.5, 0.6) is 0 Å². The number of rotatable bonds is 7. The van der Waals surface area contributed by atoms with E-state index in [2.05, 4.69) is 0 Å². The second kappa shape index (κ2) is 8.05. The van der Waals surface area contributed by atoms with Crippen LogP contribution in [0.3, 0.4) is 0 Å². The zero-order valence-electron chi connectivity index (χ0n) is 10.8. The Bertz CT molecular complexity index is 284. The SMILES string of the molecule is NCCCCCCC(=O)N1CCOCC1C(N)=O. The molecule has 4 N–H and O–H groups in total. The first-order valence-corrected chi connectivity index (χ1v) is 6.53. The summed E-state index contributed by atoms with van der Waals surface area (Å²) in [6, 6.07) is -0.602. The van der Waals surface area contributed by atoms with Crippen LogP contribution in [0.1, 0.15) is 32.1 Å². The normalized spacial score (nSPS) is 19.8. The Kier molecular flexibility index (Phi) is 6.67. The van der Waals surface area contributed by atoms with Crippen molar-refractivity contribution in [1.29, 1.82) is 0 Å². The molecule has 1 rings (SSSR count). The smallest absolute Gasteiger partial charge is 0.242 e. The predicted octanol–water partition coefficient (Wildman–Crippen LogP) is -0.392. The molecule has 1 aliphatic heterocycles. The molecule has 1 aliphatic rings. The maximum Gasteiger partial charge on any atom is 0.242 e. The summed E-state index contributed by atoms with van der Waals surface area (Å²) in [6.07, 6.45) is 4.34. The van der Waals surface area contributed by atoms with E-state index in [0.29, 0.717) is 26.1 Å². The van der Waals surface area contributed by atoms with Crippen LogP contribution in [0.4, 0.5) is 0 Å². The van der Waals surface area contributed by atoms with E-state index in [0.717, 1.165) is 25.7 Å². The van der Waals surface area contributed by atoms with Crippen LogP contribution in [0.25, 0.3) is 0 Å². The minimum absolute atomic E-state index is 0.00477. The van der Waals surface area contributed by atoms with Crippen LogP contribution in [0, 0.1) is 0 Å². The summed E-state index contributed by atoms with van der Waals surface area (Å²) in [5.74, 6) is -0.499. The zero-order valence-corrected chi connectivity index (χ0v) is 10.8. The highest BCUT2D eigenvalue weighted by Gasteiger charge is 2.30. The van der Waals surface area contributed by atoms with Gasteiger partial charge in [-0.05, 0) is 19.4 Å². The van der Waals surface area contributed by atoms with Gasteiger partial charge in [-0.3, -0.25) is 9.59 Å². The molecule has 0 spiro atoms. The van der Waals surface area contributed by atoms with E-state index in [-0.39, 0.29) is 12.5 Å². The van der Waals surface area contributed by atoms with Crippen molar-refractivity contribution in [2.45, 2.75) is 38.1 Å². The van der Waals surface area contributed by atoms with Crippen molar-refractivity contribution in [3.05, 3.63) is 0 Å².